The molecule has 0 radical (unpaired) electrons. The first-order valence-corrected chi connectivity index (χ1v) is 16.5. The summed E-state index contributed by atoms with van der Waals surface area (Å²) < 4.78 is 12.3. The molecule has 2 fully saturated rings. The summed E-state index contributed by atoms with van der Waals surface area (Å²) in [6.07, 6.45) is 12.9. The van der Waals surface area contributed by atoms with Crippen molar-refractivity contribution >= 4 is 39.8 Å². The second kappa shape index (κ2) is 15.6. The third kappa shape index (κ3) is 7.63. The van der Waals surface area contributed by atoms with Crippen molar-refractivity contribution < 1.29 is 14.3 Å². The van der Waals surface area contributed by atoms with Gasteiger partial charge in [0, 0.05) is 62.9 Å². The third-order valence-corrected chi connectivity index (χ3v) is 9.06. The second-order valence-corrected chi connectivity index (χ2v) is 12.2. The Hall–Kier alpha value is -3.39. The van der Waals surface area contributed by atoms with Crippen molar-refractivity contribution in [3.63, 3.8) is 0 Å². The lowest BCUT2D eigenvalue weighted by atomic mass is 9.96. The molecular formula is C33H44ClN7O3. The summed E-state index contributed by atoms with van der Waals surface area (Å²) >= 11 is 6.38. The number of fused-ring (bicyclic) bond motifs is 1. The van der Waals surface area contributed by atoms with E-state index in [1.165, 1.54) is 0 Å². The molecule has 0 spiro atoms. The highest BCUT2D eigenvalue weighted by Gasteiger charge is 2.29. The van der Waals surface area contributed by atoms with Gasteiger partial charge in [0.05, 0.1) is 39.9 Å². The van der Waals surface area contributed by atoms with Crippen LogP contribution in [0.1, 0.15) is 81.4 Å². The maximum absolute atomic E-state index is 13.0. The van der Waals surface area contributed by atoms with Crippen molar-refractivity contribution in [1.29, 1.82) is 5.26 Å². The molecule has 0 aliphatic carbocycles. The Balaban J connectivity index is 1.10. The minimum absolute atomic E-state index is 0.0363. The number of nitriles is 1. The molecule has 1 aromatic carbocycles. The van der Waals surface area contributed by atoms with Crippen molar-refractivity contribution in [3.8, 4) is 6.07 Å². The Bertz CT molecular complexity index is 1400. The predicted octanol–water partition coefficient (Wildman–Crippen LogP) is 6.06. The largest absolute Gasteiger partial charge is 0.370 e. The van der Waals surface area contributed by atoms with Crippen LogP contribution in [0.2, 0.25) is 5.02 Å². The number of rotatable bonds is 13. The number of benzene rings is 1. The summed E-state index contributed by atoms with van der Waals surface area (Å²) in [5.74, 6) is 0.317. The summed E-state index contributed by atoms with van der Waals surface area (Å²) in [4.78, 5) is 29.6. The molecule has 0 atom stereocenters. The zero-order valence-electron chi connectivity index (χ0n) is 25.9. The van der Waals surface area contributed by atoms with Crippen molar-refractivity contribution in [2.75, 3.05) is 49.2 Å². The predicted molar refractivity (Wildman–Crippen MR) is 173 cm³/mol. The normalized spacial score (nSPS) is 16.5. The lowest BCUT2D eigenvalue weighted by Crippen LogP contribution is -2.45. The van der Waals surface area contributed by atoms with E-state index in [1.54, 1.807) is 18.6 Å². The topological polar surface area (TPSA) is 119 Å². The first kappa shape index (κ1) is 32.0. The van der Waals surface area contributed by atoms with Gasteiger partial charge in [-0.3, -0.25) is 4.79 Å². The quantitative estimate of drug-likeness (QED) is 0.175. The third-order valence-electron chi connectivity index (χ3n) is 8.74. The van der Waals surface area contributed by atoms with E-state index in [9.17, 15) is 10.1 Å². The van der Waals surface area contributed by atoms with Crippen LogP contribution < -0.4 is 15.1 Å². The number of H-pyrrole nitrogens is 1. The summed E-state index contributed by atoms with van der Waals surface area (Å²) in [5.41, 5.74) is 3.36. The van der Waals surface area contributed by atoms with E-state index in [1.807, 2.05) is 12.1 Å². The van der Waals surface area contributed by atoms with Crippen LogP contribution in [0.15, 0.2) is 30.7 Å². The van der Waals surface area contributed by atoms with Gasteiger partial charge < -0.3 is 29.6 Å². The van der Waals surface area contributed by atoms with Crippen LogP contribution in [-0.2, 0) is 9.47 Å². The minimum atomic E-state index is -0.248. The highest BCUT2D eigenvalue weighted by molar-refractivity contribution is 6.36. The van der Waals surface area contributed by atoms with Crippen LogP contribution in [-0.4, -0.2) is 72.6 Å². The van der Waals surface area contributed by atoms with E-state index in [-0.39, 0.29) is 24.1 Å². The van der Waals surface area contributed by atoms with E-state index in [4.69, 9.17) is 21.1 Å². The van der Waals surface area contributed by atoms with Gasteiger partial charge in [0.15, 0.2) is 6.29 Å². The molecule has 44 heavy (non-hydrogen) atoms. The second-order valence-electron chi connectivity index (χ2n) is 11.8. The lowest BCUT2D eigenvalue weighted by molar-refractivity contribution is -0.177. The number of piperidine rings is 2. The summed E-state index contributed by atoms with van der Waals surface area (Å²) in [6, 6.07) is 6.07. The number of carbonyl (C=O) groups excluding carboxylic acids is 1. The van der Waals surface area contributed by atoms with Crippen molar-refractivity contribution in [2.24, 2.45) is 5.92 Å². The maximum atomic E-state index is 13.0. The van der Waals surface area contributed by atoms with Gasteiger partial charge in [-0.25, -0.2) is 9.97 Å². The number of aromatic amines is 1. The fourth-order valence-corrected chi connectivity index (χ4v) is 6.36. The molecule has 1 amide bonds. The number of aromatic nitrogens is 3. The maximum Gasteiger partial charge on any atom is 0.289 e. The fraction of sp³-hybridized carbons (Fsp3) is 0.576. The summed E-state index contributed by atoms with van der Waals surface area (Å²) in [6.45, 7) is 9.13. The van der Waals surface area contributed by atoms with Gasteiger partial charge in [0.25, 0.3) is 5.91 Å². The zero-order chi connectivity index (χ0) is 30.9. The molecular weight excluding hydrogens is 578 g/mol. The highest BCUT2D eigenvalue weighted by Crippen LogP contribution is 2.35. The van der Waals surface area contributed by atoms with Gasteiger partial charge >= 0.3 is 0 Å². The minimum Gasteiger partial charge on any atom is -0.370 e. The molecule has 2 N–H and O–H groups in total. The molecule has 2 aliphatic rings. The van der Waals surface area contributed by atoms with Gasteiger partial charge in [-0.2, -0.15) is 5.26 Å². The number of carbonyl (C=O) groups is 1. The molecule has 0 saturated carbocycles. The average molecular weight is 622 g/mol. The molecule has 5 rings (SSSR count). The van der Waals surface area contributed by atoms with Gasteiger partial charge in [-0.15, -0.1) is 0 Å². The van der Waals surface area contributed by atoms with Gasteiger partial charge in [0.1, 0.15) is 6.07 Å². The molecule has 0 bridgehead atoms. The van der Waals surface area contributed by atoms with Crippen molar-refractivity contribution in [3.05, 3.63) is 47.1 Å². The molecule has 3 aromatic rings. The van der Waals surface area contributed by atoms with Gasteiger partial charge in [0.2, 0.25) is 5.82 Å². The molecule has 0 unspecified atom stereocenters. The lowest BCUT2D eigenvalue weighted by Gasteiger charge is -2.36. The fourth-order valence-electron chi connectivity index (χ4n) is 6.10. The van der Waals surface area contributed by atoms with Crippen LogP contribution in [0.4, 0.5) is 11.4 Å². The number of nitrogens with zero attached hydrogens (tertiary/aromatic N) is 5. The first-order valence-electron chi connectivity index (χ1n) is 16.1. The molecule has 10 nitrogen and oxygen atoms in total. The van der Waals surface area contributed by atoms with E-state index in [2.05, 4.69) is 50.0 Å². The molecule has 236 valence electrons. The van der Waals surface area contributed by atoms with Crippen molar-refractivity contribution in [2.45, 2.75) is 77.5 Å². The zero-order valence-corrected chi connectivity index (χ0v) is 26.6. The van der Waals surface area contributed by atoms with Crippen molar-refractivity contribution in [1.82, 2.24) is 20.3 Å². The number of hydrogen-bond acceptors (Lipinski definition) is 8. The Morgan fingerprint density at radius 1 is 1.05 bits per heavy atom. The number of ether oxygens (including phenoxy) is 2. The Morgan fingerprint density at radius 3 is 2.30 bits per heavy atom. The van der Waals surface area contributed by atoms with Crippen LogP contribution in [0.5, 0.6) is 0 Å². The van der Waals surface area contributed by atoms with Crippen LogP contribution in [0, 0.1) is 17.2 Å². The van der Waals surface area contributed by atoms with Gasteiger partial charge in [-0.1, -0.05) is 38.3 Å². The van der Waals surface area contributed by atoms with E-state index in [0.29, 0.717) is 16.5 Å². The molecule has 2 aromatic heterocycles. The average Bonchev–Trinajstić information content (AvgIpc) is 3.50. The number of halogens is 1. The SMILES string of the molecule is CCCCOC(OCCCC)C1CCN(c2cnc(C(=O)NC3CCN(c4ccc(Cl)c5c(C#N)c[nH]c45)CC3)nc2)CC1. The van der Waals surface area contributed by atoms with Crippen LogP contribution in [0.3, 0.4) is 0 Å². The number of anilines is 2. The number of unbranched alkanes of at least 4 members (excludes halogenated alkanes) is 2. The van der Waals surface area contributed by atoms with E-state index >= 15 is 0 Å². The van der Waals surface area contributed by atoms with E-state index in [0.717, 1.165) is 113 Å². The standard InChI is InChI=1S/C33H44ClN7O3/c1-3-5-17-43-33(44-18-6-4-2)23-9-13-40(14-10-23)26-21-37-31(38-22-26)32(42)39-25-11-15-41(16-12-25)28-8-7-27(34)29-24(19-35)20-36-30(28)29/h7-8,20-23,25,33,36H,3-6,9-18H2,1-2H3,(H,39,42). The number of nitrogens with one attached hydrogen (secondary N) is 2. The Morgan fingerprint density at radius 2 is 1.68 bits per heavy atom. The number of amides is 1. The first-order chi connectivity index (χ1) is 21.5. The van der Waals surface area contributed by atoms with Gasteiger partial charge in [-0.05, 0) is 50.7 Å². The molecule has 2 saturated heterocycles. The smallest absolute Gasteiger partial charge is 0.289 e. The Kier molecular flexibility index (Phi) is 11.3. The molecule has 11 heteroatoms. The van der Waals surface area contributed by atoms with E-state index < -0.39 is 0 Å². The molecule has 2 aliphatic heterocycles. The molecule has 4 heterocycles. The van der Waals surface area contributed by atoms with Crippen LogP contribution >= 0.6 is 11.6 Å². The van der Waals surface area contributed by atoms with Crippen LogP contribution in [0.25, 0.3) is 10.9 Å². The monoisotopic (exact) mass is 621 g/mol. The number of hydrogen-bond donors (Lipinski definition) is 2. The highest BCUT2D eigenvalue weighted by atomic mass is 35.5. The Labute approximate surface area is 265 Å². The summed E-state index contributed by atoms with van der Waals surface area (Å²) in [5, 5.41) is 13.9. The summed E-state index contributed by atoms with van der Waals surface area (Å²) in [7, 11) is 0.